The van der Waals surface area contributed by atoms with Crippen LogP contribution in [0.5, 0.6) is 5.75 Å². The molecule has 3 aromatic rings. The number of aromatic nitrogens is 2. The molecule has 0 aliphatic carbocycles. The van der Waals surface area contributed by atoms with E-state index < -0.39 is 12.7 Å². The molecule has 3 rings (SSSR count). The third-order valence-electron chi connectivity index (χ3n) is 4.37. The van der Waals surface area contributed by atoms with Crippen LogP contribution in [0.2, 0.25) is 0 Å². The minimum atomic E-state index is -2.88. The lowest BCUT2D eigenvalue weighted by atomic mass is 10.1. The maximum Gasteiger partial charge on any atom is 0.387 e. The Morgan fingerprint density at radius 3 is 2.50 bits per heavy atom. The number of aliphatic hydroxyl groups excluding tert-OH is 1. The molecule has 10 heteroatoms. The maximum atomic E-state index is 12.2. The van der Waals surface area contributed by atoms with Crippen LogP contribution in [-0.2, 0) is 6.54 Å². The van der Waals surface area contributed by atoms with Gasteiger partial charge in [0.15, 0.2) is 5.96 Å². The Kier molecular flexibility index (Phi) is 10.3. The van der Waals surface area contributed by atoms with Crippen molar-refractivity contribution in [2.75, 3.05) is 13.1 Å². The van der Waals surface area contributed by atoms with Gasteiger partial charge in [0.05, 0.1) is 24.5 Å². The molecule has 0 saturated heterocycles. The molecular weight excluding hydrogens is 531 g/mol. The van der Waals surface area contributed by atoms with Gasteiger partial charge in [0.25, 0.3) is 0 Å². The minimum absolute atomic E-state index is 0. The van der Waals surface area contributed by atoms with E-state index >= 15 is 0 Å². The highest BCUT2D eigenvalue weighted by atomic mass is 127. The summed E-state index contributed by atoms with van der Waals surface area (Å²) in [5.41, 5.74) is 2.49. The largest absolute Gasteiger partial charge is 0.435 e. The monoisotopic (exact) mass is 557 g/mol. The molecule has 172 valence electrons. The molecule has 0 bridgehead atoms. The van der Waals surface area contributed by atoms with E-state index in [9.17, 15) is 13.9 Å². The summed E-state index contributed by atoms with van der Waals surface area (Å²) in [7, 11) is 0. The van der Waals surface area contributed by atoms with Gasteiger partial charge in [-0.2, -0.15) is 13.9 Å². The summed E-state index contributed by atoms with van der Waals surface area (Å²) < 4.78 is 30.6. The first-order valence-corrected chi connectivity index (χ1v) is 9.89. The number of aliphatic imine (C=N–C) groups is 1. The molecule has 2 aromatic carbocycles. The first kappa shape index (κ1) is 25.5. The summed E-state index contributed by atoms with van der Waals surface area (Å²) in [6.07, 6.45) is 2.84. The Labute approximate surface area is 202 Å². The second-order valence-corrected chi connectivity index (χ2v) is 6.67. The maximum absolute atomic E-state index is 12.2. The van der Waals surface area contributed by atoms with Gasteiger partial charge >= 0.3 is 6.61 Å². The van der Waals surface area contributed by atoms with Crippen molar-refractivity contribution < 1.29 is 18.6 Å². The van der Waals surface area contributed by atoms with Crippen molar-refractivity contribution in [3.05, 3.63) is 78.1 Å². The van der Waals surface area contributed by atoms with E-state index in [1.807, 2.05) is 43.5 Å². The van der Waals surface area contributed by atoms with E-state index in [0.717, 1.165) is 11.3 Å². The van der Waals surface area contributed by atoms with E-state index in [-0.39, 0.29) is 36.3 Å². The molecule has 0 aliphatic heterocycles. The molecule has 0 fully saturated rings. The number of alkyl halides is 2. The number of guanidine groups is 1. The molecule has 1 heterocycles. The predicted octanol–water partition coefficient (Wildman–Crippen LogP) is 3.88. The first-order chi connectivity index (χ1) is 15.0. The highest BCUT2D eigenvalue weighted by Crippen LogP contribution is 2.19. The van der Waals surface area contributed by atoms with E-state index in [2.05, 4.69) is 25.5 Å². The first-order valence-electron chi connectivity index (χ1n) is 9.89. The molecule has 0 amide bonds. The van der Waals surface area contributed by atoms with Crippen LogP contribution in [0.1, 0.15) is 24.2 Å². The van der Waals surface area contributed by atoms with E-state index in [1.165, 1.54) is 12.1 Å². The highest BCUT2D eigenvalue weighted by molar-refractivity contribution is 14.0. The van der Waals surface area contributed by atoms with Gasteiger partial charge in [-0.15, -0.1) is 24.0 Å². The Morgan fingerprint density at radius 1 is 1.12 bits per heavy atom. The van der Waals surface area contributed by atoms with Crippen LogP contribution in [0.25, 0.3) is 5.69 Å². The highest BCUT2D eigenvalue weighted by Gasteiger charge is 2.10. The summed E-state index contributed by atoms with van der Waals surface area (Å²) in [6.45, 7) is 0.339. The average molecular weight is 557 g/mol. The smallest absolute Gasteiger partial charge is 0.387 e. The van der Waals surface area contributed by atoms with Crippen molar-refractivity contribution in [2.45, 2.75) is 26.2 Å². The quantitative estimate of drug-likeness (QED) is 0.212. The molecular formula is C22H26F2IN5O2. The van der Waals surface area contributed by atoms with Gasteiger partial charge < -0.3 is 20.5 Å². The topological polar surface area (TPSA) is 83.7 Å². The molecule has 3 N–H and O–H groups in total. The number of ether oxygens (including phenoxy) is 1. The fourth-order valence-electron chi connectivity index (χ4n) is 2.86. The zero-order valence-electron chi connectivity index (χ0n) is 17.5. The zero-order chi connectivity index (χ0) is 22.1. The Hall–Kier alpha value is -2.73. The number of benzene rings is 2. The molecule has 1 aromatic heterocycles. The van der Waals surface area contributed by atoms with Crippen molar-refractivity contribution in [1.29, 1.82) is 0 Å². The SMILES string of the molecule is CCNC(=NCc1cnn(-c2ccccc2)c1)NCC(O)c1ccc(OC(F)F)cc1.I. The lowest BCUT2D eigenvalue weighted by molar-refractivity contribution is -0.0498. The van der Waals surface area contributed by atoms with Crippen LogP contribution in [-0.4, -0.2) is 40.5 Å². The van der Waals surface area contributed by atoms with Crippen molar-refractivity contribution >= 4 is 29.9 Å². The van der Waals surface area contributed by atoms with Gasteiger partial charge in [-0.25, -0.2) is 9.67 Å². The van der Waals surface area contributed by atoms with Gasteiger partial charge in [0.1, 0.15) is 5.75 Å². The van der Waals surface area contributed by atoms with E-state index in [1.54, 1.807) is 23.0 Å². The molecule has 32 heavy (non-hydrogen) atoms. The number of hydrogen-bond donors (Lipinski definition) is 3. The van der Waals surface area contributed by atoms with Gasteiger partial charge in [0, 0.05) is 24.8 Å². The number of para-hydroxylation sites is 1. The zero-order valence-corrected chi connectivity index (χ0v) is 19.8. The fourth-order valence-corrected chi connectivity index (χ4v) is 2.86. The minimum Gasteiger partial charge on any atom is -0.435 e. The second-order valence-electron chi connectivity index (χ2n) is 6.67. The van der Waals surface area contributed by atoms with Crippen molar-refractivity contribution in [3.63, 3.8) is 0 Å². The second kappa shape index (κ2) is 13.0. The number of nitrogens with zero attached hydrogens (tertiary/aromatic N) is 3. The van der Waals surface area contributed by atoms with Crippen LogP contribution in [0.4, 0.5) is 8.78 Å². The van der Waals surface area contributed by atoms with Crippen molar-refractivity contribution in [1.82, 2.24) is 20.4 Å². The normalized spacial score (nSPS) is 12.2. The predicted molar refractivity (Wildman–Crippen MR) is 130 cm³/mol. The lowest BCUT2D eigenvalue weighted by Crippen LogP contribution is -2.39. The van der Waals surface area contributed by atoms with E-state index in [4.69, 9.17) is 0 Å². The van der Waals surface area contributed by atoms with Crippen LogP contribution in [0, 0.1) is 0 Å². The Balaban J connectivity index is 0.00000363. The molecule has 1 atom stereocenters. The van der Waals surface area contributed by atoms with Gasteiger partial charge in [-0.1, -0.05) is 30.3 Å². The number of hydrogen-bond acceptors (Lipinski definition) is 4. The van der Waals surface area contributed by atoms with Gasteiger partial charge in [-0.3, -0.25) is 0 Å². The molecule has 0 saturated carbocycles. The van der Waals surface area contributed by atoms with Crippen molar-refractivity contribution in [3.8, 4) is 11.4 Å². The van der Waals surface area contributed by atoms with Crippen LogP contribution < -0.4 is 15.4 Å². The molecule has 0 aliphatic rings. The number of rotatable bonds is 9. The third-order valence-corrected chi connectivity index (χ3v) is 4.37. The Morgan fingerprint density at radius 2 is 1.84 bits per heavy atom. The molecule has 7 nitrogen and oxygen atoms in total. The summed E-state index contributed by atoms with van der Waals surface area (Å²) in [5.74, 6) is 0.594. The summed E-state index contributed by atoms with van der Waals surface area (Å²) in [5, 5.41) is 20.9. The van der Waals surface area contributed by atoms with E-state index in [0.29, 0.717) is 24.6 Å². The van der Waals surface area contributed by atoms with Crippen LogP contribution >= 0.6 is 24.0 Å². The summed E-state index contributed by atoms with van der Waals surface area (Å²) in [6, 6.07) is 15.7. The lowest BCUT2D eigenvalue weighted by Gasteiger charge is -2.16. The van der Waals surface area contributed by atoms with Crippen LogP contribution in [0.15, 0.2) is 72.0 Å². The third kappa shape index (κ3) is 7.75. The number of nitrogens with one attached hydrogen (secondary N) is 2. The standard InChI is InChI=1S/C22H25F2N5O2.HI/c1-2-25-22(26-12-16-13-28-29(15-16)18-6-4-3-5-7-18)27-14-20(30)17-8-10-19(11-9-17)31-21(23)24;/h3-11,13,15,20-21,30H,2,12,14H2,1H3,(H2,25,26,27);1H. The molecule has 1 unspecified atom stereocenters. The molecule has 0 radical (unpaired) electrons. The number of aliphatic hydroxyl groups is 1. The fraction of sp³-hybridized carbons (Fsp3) is 0.273. The van der Waals surface area contributed by atoms with Crippen molar-refractivity contribution in [2.24, 2.45) is 4.99 Å². The Bertz CT molecular complexity index is 968. The van der Waals surface area contributed by atoms with Gasteiger partial charge in [0.2, 0.25) is 0 Å². The van der Waals surface area contributed by atoms with Gasteiger partial charge in [-0.05, 0) is 36.8 Å². The summed E-state index contributed by atoms with van der Waals surface area (Å²) >= 11 is 0. The molecule has 0 spiro atoms. The van der Waals surface area contributed by atoms with Crippen LogP contribution in [0.3, 0.4) is 0 Å². The average Bonchev–Trinajstić information content (AvgIpc) is 3.25. The summed E-state index contributed by atoms with van der Waals surface area (Å²) in [4.78, 5) is 4.53. The number of halogens is 3.